The predicted octanol–water partition coefficient (Wildman–Crippen LogP) is 2.33. The van der Waals surface area contributed by atoms with E-state index in [0.717, 1.165) is 12.1 Å². The number of carbonyl (C=O) groups is 1. The lowest BCUT2D eigenvalue weighted by molar-refractivity contribution is 0.0592. The maximum absolute atomic E-state index is 13.4. The average molecular weight is 266 g/mol. The third kappa shape index (κ3) is 3.01. The molecule has 0 fully saturated rings. The first-order chi connectivity index (χ1) is 9.10. The number of carbonyl (C=O) groups excluding carboxylic acids is 1. The molecule has 0 aliphatic rings. The number of esters is 1. The second-order valence-electron chi connectivity index (χ2n) is 3.41. The van der Waals surface area contributed by atoms with Crippen molar-refractivity contribution in [1.29, 1.82) is 0 Å². The van der Waals surface area contributed by atoms with E-state index in [1.165, 1.54) is 19.5 Å². The Bertz CT molecular complexity index is 620. The highest BCUT2D eigenvalue weighted by molar-refractivity contribution is 5.86. The molecule has 2 rings (SSSR count). The first-order valence-electron chi connectivity index (χ1n) is 5.13. The number of halogens is 2. The zero-order valence-electron chi connectivity index (χ0n) is 9.76. The Morgan fingerprint density at radius 2 is 2.05 bits per heavy atom. The molecule has 98 valence electrons. The highest BCUT2D eigenvalue weighted by atomic mass is 19.1. The lowest BCUT2D eigenvalue weighted by Crippen LogP contribution is -2.05. The van der Waals surface area contributed by atoms with Gasteiger partial charge in [0.05, 0.1) is 19.5 Å². The molecule has 0 aliphatic heterocycles. The van der Waals surface area contributed by atoms with Gasteiger partial charge in [0.15, 0.2) is 17.3 Å². The van der Waals surface area contributed by atoms with Crippen LogP contribution in [0.1, 0.15) is 10.5 Å². The van der Waals surface area contributed by atoms with Gasteiger partial charge >= 0.3 is 5.97 Å². The molecule has 0 bridgehead atoms. The van der Waals surface area contributed by atoms with E-state index in [2.05, 4.69) is 14.7 Å². The van der Waals surface area contributed by atoms with Crippen LogP contribution in [0, 0.1) is 11.6 Å². The van der Waals surface area contributed by atoms with Crippen molar-refractivity contribution in [2.45, 2.75) is 0 Å². The standard InChI is InChI=1S/C12H8F2N2O3/c1-18-12(17)9-5-15-6-11(16-9)19-10-3-2-7(13)4-8(10)14/h2-6H,1H3. The van der Waals surface area contributed by atoms with Crippen LogP contribution in [-0.4, -0.2) is 23.0 Å². The fraction of sp³-hybridized carbons (Fsp3) is 0.0833. The van der Waals surface area contributed by atoms with E-state index in [-0.39, 0.29) is 17.3 Å². The van der Waals surface area contributed by atoms with Gasteiger partial charge in [-0.25, -0.2) is 18.6 Å². The Labute approximate surface area is 106 Å². The van der Waals surface area contributed by atoms with Gasteiger partial charge in [-0.15, -0.1) is 0 Å². The van der Waals surface area contributed by atoms with Crippen molar-refractivity contribution in [1.82, 2.24) is 9.97 Å². The van der Waals surface area contributed by atoms with Crippen LogP contribution in [0.25, 0.3) is 0 Å². The molecule has 1 aromatic carbocycles. The van der Waals surface area contributed by atoms with Gasteiger partial charge in [0, 0.05) is 6.07 Å². The number of rotatable bonds is 3. The molecule has 0 saturated heterocycles. The molecule has 1 heterocycles. The summed E-state index contributed by atoms with van der Waals surface area (Å²) in [6, 6.07) is 2.82. The van der Waals surface area contributed by atoms with E-state index in [1.54, 1.807) is 0 Å². The number of ether oxygens (including phenoxy) is 2. The molecule has 0 unspecified atom stereocenters. The highest BCUT2D eigenvalue weighted by Crippen LogP contribution is 2.23. The predicted molar refractivity (Wildman–Crippen MR) is 59.8 cm³/mol. The van der Waals surface area contributed by atoms with Crippen LogP contribution >= 0.6 is 0 Å². The van der Waals surface area contributed by atoms with Crippen molar-refractivity contribution in [3.63, 3.8) is 0 Å². The van der Waals surface area contributed by atoms with Crippen molar-refractivity contribution >= 4 is 5.97 Å². The van der Waals surface area contributed by atoms with Gasteiger partial charge in [0.2, 0.25) is 5.88 Å². The van der Waals surface area contributed by atoms with Gasteiger partial charge in [-0.3, -0.25) is 4.98 Å². The summed E-state index contributed by atoms with van der Waals surface area (Å²) >= 11 is 0. The van der Waals surface area contributed by atoms with Crippen LogP contribution in [0.3, 0.4) is 0 Å². The third-order valence-corrected chi connectivity index (χ3v) is 2.12. The zero-order valence-corrected chi connectivity index (χ0v) is 9.76. The highest BCUT2D eigenvalue weighted by Gasteiger charge is 2.11. The minimum absolute atomic E-state index is 0.0810. The van der Waals surface area contributed by atoms with Crippen LogP contribution in [0.15, 0.2) is 30.6 Å². The van der Waals surface area contributed by atoms with Crippen molar-refractivity contribution in [3.8, 4) is 11.6 Å². The molecule has 5 nitrogen and oxygen atoms in total. The number of methoxy groups -OCH3 is 1. The summed E-state index contributed by atoms with van der Waals surface area (Å²) in [5.74, 6) is -2.63. The quantitative estimate of drug-likeness (QED) is 0.798. The monoisotopic (exact) mass is 266 g/mol. The summed E-state index contributed by atoms with van der Waals surface area (Å²) in [4.78, 5) is 18.7. The summed E-state index contributed by atoms with van der Waals surface area (Å²) in [5.41, 5.74) is -0.0810. The van der Waals surface area contributed by atoms with Crippen molar-refractivity contribution in [2.75, 3.05) is 7.11 Å². The smallest absolute Gasteiger partial charge is 0.358 e. The van der Waals surface area contributed by atoms with Gasteiger partial charge < -0.3 is 9.47 Å². The molecule has 0 N–H and O–H groups in total. The number of hydrogen-bond donors (Lipinski definition) is 0. The van der Waals surface area contributed by atoms with Gasteiger partial charge in [-0.1, -0.05) is 0 Å². The molecule has 19 heavy (non-hydrogen) atoms. The molecule has 2 aromatic rings. The summed E-state index contributed by atoms with van der Waals surface area (Å²) < 4.78 is 35.6. The normalized spacial score (nSPS) is 10.1. The van der Waals surface area contributed by atoms with Gasteiger partial charge in [0.1, 0.15) is 5.82 Å². The second kappa shape index (κ2) is 5.38. The SMILES string of the molecule is COC(=O)c1cncc(Oc2ccc(F)cc2F)n1. The molecule has 0 radical (unpaired) electrons. The first-order valence-corrected chi connectivity index (χ1v) is 5.13. The van der Waals surface area contributed by atoms with Crippen LogP contribution in [0.4, 0.5) is 8.78 Å². The van der Waals surface area contributed by atoms with Crippen molar-refractivity contribution in [2.24, 2.45) is 0 Å². The summed E-state index contributed by atoms with van der Waals surface area (Å²) in [6.45, 7) is 0. The van der Waals surface area contributed by atoms with Crippen LogP contribution in [0.2, 0.25) is 0 Å². The summed E-state index contributed by atoms with van der Waals surface area (Å²) in [7, 11) is 1.19. The van der Waals surface area contributed by atoms with E-state index in [4.69, 9.17) is 4.74 Å². The Hall–Kier alpha value is -2.57. The Kier molecular flexibility index (Phi) is 3.65. The number of hydrogen-bond acceptors (Lipinski definition) is 5. The van der Waals surface area contributed by atoms with Gasteiger partial charge in [0.25, 0.3) is 0 Å². The fourth-order valence-electron chi connectivity index (χ4n) is 1.27. The topological polar surface area (TPSA) is 61.3 Å². The summed E-state index contributed by atoms with van der Waals surface area (Å²) in [6.07, 6.45) is 2.37. The molecule has 1 aromatic heterocycles. The molecular weight excluding hydrogens is 258 g/mol. The molecule has 0 atom stereocenters. The molecule has 0 spiro atoms. The van der Waals surface area contributed by atoms with Crippen molar-refractivity contribution < 1.29 is 23.0 Å². The summed E-state index contributed by atoms with van der Waals surface area (Å²) in [5, 5.41) is 0. The maximum Gasteiger partial charge on any atom is 0.358 e. The lowest BCUT2D eigenvalue weighted by Gasteiger charge is -2.06. The molecule has 0 aliphatic carbocycles. The largest absolute Gasteiger partial charge is 0.464 e. The number of aromatic nitrogens is 2. The van der Waals surface area contributed by atoms with E-state index < -0.39 is 17.6 Å². The minimum Gasteiger partial charge on any atom is -0.464 e. The van der Waals surface area contributed by atoms with Crippen LogP contribution in [0.5, 0.6) is 11.6 Å². The van der Waals surface area contributed by atoms with E-state index >= 15 is 0 Å². The second-order valence-corrected chi connectivity index (χ2v) is 3.41. The lowest BCUT2D eigenvalue weighted by atomic mass is 10.3. The van der Waals surface area contributed by atoms with Crippen molar-refractivity contribution in [3.05, 3.63) is 47.9 Å². The van der Waals surface area contributed by atoms with Crippen LogP contribution in [-0.2, 0) is 4.74 Å². The first kappa shape index (κ1) is 12.9. The van der Waals surface area contributed by atoms with E-state index in [1.807, 2.05) is 0 Å². The number of nitrogens with zero attached hydrogens (tertiary/aromatic N) is 2. The van der Waals surface area contributed by atoms with E-state index in [0.29, 0.717) is 6.07 Å². The maximum atomic E-state index is 13.4. The Balaban J connectivity index is 2.26. The Morgan fingerprint density at radius 1 is 1.26 bits per heavy atom. The number of benzene rings is 1. The van der Waals surface area contributed by atoms with E-state index in [9.17, 15) is 13.6 Å². The fourth-order valence-corrected chi connectivity index (χ4v) is 1.27. The molecule has 0 amide bonds. The molecule has 7 heteroatoms. The third-order valence-electron chi connectivity index (χ3n) is 2.12. The Morgan fingerprint density at radius 3 is 2.74 bits per heavy atom. The van der Waals surface area contributed by atoms with Crippen LogP contribution < -0.4 is 4.74 Å². The van der Waals surface area contributed by atoms with Gasteiger partial charge in [-0.2, -0.15) is 0 Å². The molecule has 0 saturated carbocycles. The minimum atomic E-state index is -0.884. The average Bonchev–Trinajstić information content (AvgIpc) is 2.41. The zero-order chi connectivity index (χ0) is 13.8. The molecular formula is C12H8F2N2O3. The van der Waals surface area contributed by atoms with Gasteiger partial charge in [-0.05, 0) is 12.1 Å².